The van der Waals surface area contributed by atoms with Crippen LogP contribution < -0.4 is 30.6 Å². The van der Waals surface area contributed by atoms with Crippen molar-refractivity contribution in [2.24, 2.45) is 0 Å². The maximum absolute atomic E-state index is 9.83. The standard InChI is InChI=1S/6C4H6O3.W/c6*1-3(5)2-4(6)7;/h6*2H2,1H3,(H,6,7);/p-6. The van der Waals surface area contributed by atoms with E-state index in [9.17, 15) is 88.2 Å². The molecule has 0 fully saturated rings. The van der Waals surface area contributed by atoms with Gasteiger partial charge in [0.1, 0.15) is 34.7 Å². The minimum Gasteiger partial charge on any atom is -0.550 e. The quantitative estimate of drug-likeness (QED) is 0.166. The molecule has 0 saturated carbocycles. The Balaban J connectivity index is -0.0000000720. The Hall–Kier alpha value is -4.47. The first kappa shape index (κ1) is 54.6. The maximum atomic E-state index is 9.83. The van der Waals surface area contributed by atoms with Crippen molar-refractivity contribution in [3.8, 4) is 0 Å². The Morgan fingerprint density at radius 2 is 0.349 bits per heavy atom. The van der Waals surface area contributed by atoms with Crippen LogP contribution in [0, 0.1) is 0 Å². The molecule has 0 aromatic rings. The van der Waals surface area contributed by atoms with E-state index in [1.807, 2.05) is 0 Å². The summed E-state index contributed by atoms with van der Waals surface area (Å²) in [5.74, 6) is -10.1. The fourth-order valence-corrected chi connectivity index (χ4v) is 1.22. The molecule has 0 N–H and O–H groups in total. The first-order valence-corrected chi connectivity index (χ1v) is 10.9. The third-order valence-electron chi connectivity index (χ3n) is 2.36. The van der Waals surface area contributed by atoms with Crippen molar-refractivity contribution < 1.29 is 109 Å². The van der Waals surface area contributed by atoms with Gasteiger partial charge in [-0.3, -0.25) is 28.8 Å². The summed E-state index contributed by atoms with van der Waals surface area (Å²) in [6.07, 6.45) is -2.83. The zero-order valence-electron chi connectivity index (χ0n) is 24.0. The largest absolute Gasteiger partial charge is 0.550 e. The van der Waals surface area contributed by atoms with E-state index in [2.05, 4.69) is 0 Å². The molecule has 0 saturated heterocycles. The van der Waals surface area contributed by atoms with Gasteiger partial charge in [0, 0.05) is 95.4 Å². The average molecular weight is 790 g/mol. The van der Waals surface area contributed by atoms with E-state index in [0.717, 1.165) is 0 Å². The topological polar surface area (TPSA) is 343 Å². The molecule has 19 heteroatoms. The van der Waals surface area contributed by atoms with Gasteiger partial charge in [0.05, 0.1) is 0 Å². The summed E-state index contributed by atoms with van der Waals surface area (Å²) in [5, 5.41) is 56.9. The second kappa shape index (κ2) is 35.6. The van der Waals surface area contributed by atoms with Crippen LogP contribution >= 0.6 is 0 Å². The van der Waals surface area contributed by atoms with Crippen molar-refractivity contribution in [2.45, 2.75) is 80.1 Å². The molecule has 0 amide bonds. The smallest absolute Gasteiger partial charge is 0.135 e. The van der Waals surface area contributed by atoms with Crippen molar-refractivity contribution in [3.63, 3.8) is 0 Å². The van der Waals surface area contributed by atoms with Crippen LogP contribution in [-0.4, -0.2) is 70.5 Å². The van der Waals surface area contributed by atoms with Crippen molar-refractivity contribution in [2.75, 3.05) is 0 Å². The van der Waals surface area contributed by atoms with Crippen LogP contribution in [-0.2, 0) is 78.6 Å². The maximum Gasteiger partial charge on any atom is 0.135 e. The summed E-state index contributed by atoms with van der Waals surface area (Å²) in [6.45, 7) is 7.22. The number of carboxylic acids is 6. The summed E-state index contributed by atoms with van der Waals surface area (Å²) >= 11 is 0. The van der Waals surface area contributed by atoms with Gasteiger partial charge in [0.2, 0.25) is 0 Å². The van der Waals surface area contributed by atoms with E-state index < -0.39 is 74.3 Å². The van der Waals surface area contributed by atoms with Gasteiger partial charge < -0.3 is 59.4 Å². The van der Waals surface area contributed by atoms with Crippen LogP contribution in [0.25, 0.3) is 0 Å². The van der Waals surface area contributed by atoms with Gasteiger partial charge in [-0.1, -0.05) is 0 Å². The molecule has 0 aliphatic rings. The minimum absolute atomic E-state index is 0. The summed E-state index contributed by atoms with van der Waals surface area (Å²) in [7, 11) is 0. The van der Waals surface area contributed by atoms with Crippen molar-refractivity contribution in [3.05, 3.63) is 0 Å². The van der Waals surface area contributed by atoms with E-state index in [4.69, 9.17) is 0 Å². The van der Waals surface area contributed by atoms with Crippen molar-refractivity contribution in [1.29, 1.82) is 0 Å². The number of hydrogen-bond donors (Lipinski definition) is 0. The van der Waals surface area contributed by atoms with Gasteiger partial charge >= 0.3 is 0 Å². The van der Waals surface area contributed by atoms with Gasteiger partial charge in [-0.2, -0.15) is 0 Å². The molecule has 0 aliphatic heterocycles. The normalized spacial score (nSPS) is 7.95. The predicted molar refractivity (Wildman–Crippen MR) is 122 cm³/mol. The second-order valence-corrected chi connectivity index (χ2v) is 7.50. The van der Waals surface area contributed by atoms with Crippen LogP contribution in [0.2, 0.25) is 0 Å². The minimum atomic E-state index is -1.31. The Morgan fingerprint density at radius 1 is 0.279 bits per heavy atom. The van der Waals surface area contributed by atoms with Gasteiger partial charge in [-0.05, 0) is 41.5 Å². The van der Waals surface area contributed by atoms with E-state index in [-0.39, 0.29) is 55.8 Å². The molecule has 0 spiro atoms. The molecule has 0 aliphatic carbocycles. The summed E-state index contributed by atoms with van der Waals surface area (Å²) in [5.41, 5.74) is 0. The van der Waals surface area contributed by atoms with Crippen LogP contribution in [0.4, 0.5) is 0 Å². The SMILES string of the molecule is CC(=O)CC(=O)[O-].CC(=O)CC(=O)[O-].CC(=O)CC(=O)[O-].CC(=O)CC(=O)[O-].CC(=O)CC(=O)[O-].CC(=O)CC(=O)[O-].[W]. The number of hydrogen-bond acceptors (Lipinski definition) is 18. The molecule has 0 radical (unpaired) electrons. The molecular weight excluding hydrogens is 760 g/mol. The summed E-state index contributed by atoms with van der Waals surface area (Å²) < 4.78 is 0. The number of carbonyl (C=O) groups excluding carboxylic acids is 12. The molecule has 43 heavy (non-hydrogen) atoms. The number of ketones is 6. The molecule has 0 unspecified atom stereocenters. The Bertz CT molecular complexity index is 707. The zero-order chi connectivity index (χ0) is 35.2. The number of rotatable bonds is 12. The number of Topliss-reactive ketones (excluding diaryl/α,β-unsaturated/α-hetero) is 6. The zero-order valence-corrected chi connectivity index (χ0v) is 26.9. The van der Waals surface area contributed by atoms with E-state index in [1.165, 1.54) is 41.5 Å². The average Bonchev–Trinajstić information content (AvgIpc) is 2.63. The Labute approximate surface area is 259 Å². The van der Waals surface area contributed by atoms with E-state index >= 15 is 0 Å². The van der Waals surface area contributed by atoms with Gasteiger partial charge in [-0.25, -0.2) is 0 Å². The molecule has 246 valence electrons. The van der Waals surface area contributed by atoms with Crippen molar-refractivity contribution >= 4 is 70.5 Å². The molecular formula is C24H30O18W-6. The monoisotopic (exact) mass is 790 g/mol. The number of carbonyl (C=O) groups is 12. The summed E-state index contributed by atoms with van der Waals surface area (Å²) in [6, 6.07) is 0. The Kier molecular flexibility index (Phi) is 45.1. The van der Waals surface area contributed by atoms with Gasteiger partial charge in [-0.15, -0.1) is 0 Å². The molecule has 0 heterocycles. The number of aliphatic carboxylic acids is 6. The second-order valence-electron chi connectivity index (χ2n) is 7.50. The first-order valence-electron chi connectivity index (χ1n) is 10.9. The molecule has 0 bridgehead atoms. The number of carboxylic acid groups (broad SMARTS) is 6. The van der Waals surface area contributed by atoms with Crippen LogP contribution in [0.3, 0.4) is 0 Å². The Morgan fingerprint density at radius 3 is 0.349 bits per heavy atom. The fourth-order valence-electron chi connectivity index (χ4n) is 1.22. The van der Waals surface area contributed by atoms with E-state index in [0.29, 0.717) is 0 Å². The molecule has 18 nitrogen and oxygen atoms in total. The van der Waals surface area contributed by atoms with Crippen LogP contribution in [0.1, 0.15) is 80.1 Å². The molecule has 0 rings (SSSR count). The summed E-state index contributed by atoms with van der Waals surface area (Å²) in [4.78, 5) is 116. The van der Waals surface area contributed by atoms with Crippen LogP contribution in [0.15, 0.2) is 0 Å². The fraction of sp³-hybridized carbons (Fsp3) is 0.500. The third kappa shape index (κ3) is 124. The molecule has 0 atom stereocenters. The molecule has 0 aromatic carbocycles. The van der Waals surface area contributed by atoms with Crippen molar-refractivity contribution in [1.82, 2.24) is 0 Å². The van der Waals surface area contributed by atoms with E-state index in [1.54, 1.807) is 0 Å². The van der Waals surface area contributed by atoms with Gasteiger partial charge in [0.15, 0.2) is 0 Å². The van der Waals surface area contributed by atoms with Gasteiger partial charge in [0.25, 0.3) is 0 Å². The first-order chi connectivity index (χ1) is 18.8. The molecule has 0 aromatic heterocycles. The third-order valence-corrected chi connectivity index (χ3v) is 2.36. The van der Waals surface area contributed by atoms with Crippen LogP contribution in [0.5, 0.6) is 0 Å². The predicted octanol–water partition coefficient (Wildman–Crippen LogP) is -7.71.